The maximum Gasteiger partial charge on any atom is 0.268 e. The number of benzene rings is 1. The molecule has 8 heteroatoms. The van der Waals surface area contributed by atoms with Crippen molar-refractivity contribution < 1.29 is 14.3 Å². The SMILES string of the molecule is COc1cccc2[nH]c(C(=O)NC(CC3CC3)C(=O)NC3(C#N)Cc4ccncc4C3)cc12. The number of amides is 2. The number of hydrogen-bond acceptors (Lipinski definition) is 5. The molecule has 3 N–H and O–H groups in total. The molecule has 5 rings (SSSR count). The minimum Gasteiger partial charge on any atom is -0.496 e. The van der Waals surface area contributed by atoms with Gasteiger partial charge in [-0.25, -0.2) is 0 Å². The number of aromatic nitrogens is 2. The summed E-state index contributed by atoms with van der Waals surface area (Å²) >= 11 is 0. The standard InChI is InChI=1S/C25H25N5O3/c1-33-22-4-2-3-19-18(22)10-21(28-19)23(31)29-20(9-15-5-6-15)24(32)30-25(14-26)11-16-7-8-27-13-17(16)12-25/h2-4,7-8,10,13,15,20,28H,5-6,9,11-12H2,1H3,(H,29,31)(H,30,32). The van der Waals surface area contributed by atoms with Gasteiger partial charge in [0.15, 0.2) is 0 Å². The van der Waals surface area contributed by atoms with Gasteiger partial charge in [0.25, 0.3) is 5.91 Å². The Kier molecular flexibility index (Phi) is 5.25. The molecular weight excluding hydrogens is 418 g/mol. The highest BCUT2D eigenvalue weighted by Gasteiger charge is 2.41. The smallest absolute Gasteiger partial charge is 0.268 e. The van der Waals surface area contributed by atoms with Gasteiger partial charge in [0, 0.05) is 36.1 Å². The van der Waals surface area contributed by atoms with Crippen LogP contribution in [-0.2, 0) is 17.6 Å². The van der Waals surface area contributed by atoms with E-state index in [0.29, 0.717) is 36.6 Å². The van der Waals surface area contributed by atoms with Crippen molar-refractivity contribution in [1.82, 2.24) is 20.6 Å². The summed E-state index contributed by atoms with van der Waals surface area (Å²) in [6.45, 7) is 0. The number of ether oxygens (including phenoxy) is 1. The van der Waals surface area contributed by atoms with E-state index in [-0.39, 0.29) is 11.8 Å². The van der Waals surface area contributed by atoms with Gasteiger partial charge in [-0.2, -0.15) is 5.26 Å². The summed E-state index contributed by atoms with van der Waals surface area (Å²) in [5.74, 6) is 0.387. The van der Waals surface area contributed by atoms with Crippen molar-refractivity contribution in [1.29, 1.82) is 5.26 Å². The van der Waals surface area contributed by atoms with Crippen LogP contribution in [0, 0.1) is 17.2 Å². The maximum atomic E-state index is 13.3. The van der Waals surface area contributed by atoms with Crippen molar-refractivity contribution in [3.63, 3.8) is 0 Å². The summed E-state index contributed by atoms with van der Waals surface area (Å²) in [7, 11) is 1.58. The first kappa shape index (κ1) is 21.0. The number of fused-ring (bicyclic) bond motifs is 2. The second-order valence-electron chi connectivity index (χ2n) is 8.99. The zero-order chi connectivity index (χ0) is 23.0. The molecule has 1 saturated carbocycles. The van der Waals surface area contributed by atoms with Crippen LogP contribution in [-0.4, -0.2) is 40.5 Å². The molecule has 0 bridgehead atoms. The van der Waals surface area contributed by atoms with Gasteiger partial charge >= 0.3 is 0 Å². The first-order valence-electron chi connectivity index (χ1n) is 11.1. The molecule has 0 saturated heterocycles. The molecule has 2 heterocycles. The predicted octanol–water partition coefficient (Wildman–Crippen LogP) is 2.65. The molecule has 2 aliphatic carbocycles. The molecule has 2 aliphatic rings. The largest absolute Gasteiger partial charge is 0.496 e. The van der Waals surface area contributed by atoms with Crippen molar-refractivity contribution in [2.45, 2.75) is 43.7 Å². The molecule has 33 heavy (non-hydrogen) atoms. The summed E-state index contributed by atoms with van der Waals surface area (Å²) < 4.78 is 5.37. The van der Waals surface area contributed by atoms with Crippen molar-refractivity contribution in [2.75, 3.05) is 7.11 Å². The average molecular weight is 444 g/mol. The van der Waals surface area contributed by atoms with E-state index in [0.717, 1.165) is 34.9 Å². The molecule has 2 amide bonds. The fourth-order valence-electron chi connectivity index (χ4n) is 4.60. The van der Waals surface area contributed by atoms with Crippen LogP contribution in [0.3, 0.4) is 0 Å². The zero-order valence-electron chi connectivity index (χ0n) is 18.4. The Morgan fingerprint density at radius 2 is 2.12 bits per heavy atom. The van der Waals surface area contributed by atoms with Crippen LogP contribution < -0.4 is 15.4 Å². The van der Waals surface area contributed by atoms with Gasteiger partial charge in [0.2, 0.25) is 5.91 Å². The summed E-state index contributed by atoms with van der Waals surface area (Å²) in [6, 6.07) is 10.7. The van der Waals surface area contributed by atoms with Crippen LogP contribution >= 0.6 is 0 Å². The number of H-pyrrole nitrogens is 1. The third-order valence-corrected chi connectivity index (χ3v) is 6.54. The van der Waals surface area contributed by atoms with Crippen molar-refractivity contribution >= 4 is 22.7 Å². The lowest BCUT2D eigenvalue weighted by Gasteiger charge is -2.26. The number of nitrogens with one attached hydrogen (secondary N) is 3. The fraction of sp³-hybridized carbons (Fsp3) is 0.360. The van der Waals surface area contributed by atoms with E-state index in [9.17, 15) is 14.9 Å². The highest BCUT2D eigenvalue weighted by Crippen LogP contribution is 2.34. The Hall–Kier alpha value is -3.86. The number of methoxy groups -OCH3 is 1. The summed E-state index contributed by atoms with van der Waals surface area (Å²) in [5, 5.41) is 16.6. The van der Waals surface area contributed by atoms with Gasteiger partial charge in [0.05, 0.1) is 13.2 Å². The first-order chi connectivity index (χ1) is 16.0. The second kappa shape index (κ2) is 8.24. The Bertz CT molecular complexity index is 1250. The average Bonchev–Trinajstić information content (AvgIpc) is 3.40. The van der Waals surface area contributed by atoms with E-state index in [1.54, 1.807) is 25.6 Å². The Balaban J connectivity index is 1.34. The van der Waals surface area contributed by atoms with E-state index in [1.165, 1.54) is 0 Å². The molecule has 3 aromatic rings. The van der Waals surface area contributed by atoms with Gasteiger partial charge in [0.1, 0.15) is 23.0 Å². The third-order valence-electron chi connectivity index (χ3n) is 6.54. The van der Waals surface area contributed by atoms with Gasteiger partial charge in [-0.3, -0.25) is 14.6 Å². The molecule has 0 aliphatic heterocycles. The number of pyridine rings is 1. The molecule has 2 aromatic heterocycles. The molecule has 2 atom stereocenters. The van der Waals surface area contributed by atoms with E-state index in [4.69, 9.17) is 4.74 Å². The number of carbonyl (C=O) groups is 2. The number of nitriles is 1. The lowest BCUT2D eigenvalue weighted by Crippen LogP contribution is -2.55. The summed E-state index contributed by atoms with van der Waals surface area (Å²) in [4.78, 5) is 33.6. The first-order valence-corrected chi connectivity index (χ1v) is 11.1. The molecule has 168 valence electrons. The van der Waals surface area contributed by atoms with Gasteiger partial charge in [-0.05, 0) is 47.7 Å². The van der Waals surface area contributed by atoms with Gasteiger partial charge in [-0.1, -0.05) is 18.9 Å². The van der Waals surface area contributed by atoms with Crippen LogP contribution in [0.1, 0.15) is 40.9 Å². The molecular formula is C25H25N5O3. The van der Waals surface area contributed by atoms with Crippen LogP contribution in [0.4, 0.5) is 0 Å². The zero-order valence-corrected chi connectivity index (χ0v) is 18.4. The molecule has 1 fully saturated rings. The highest BCUT2D eigenvalue weighted by molar-refractivity contribution is 6.01. The van der Waals surface area contributed by atoms with Crippen LogP contribution in [0.15, 0.2) is 42.7 Å². The quantitative estimate of drug-likeness (QED) is 0.519. The van der Waals surface area contributed by atoms with Crippen LogP contribution in [0.2, 0.25) is 0 Å². The lowest BCUT2D eigenvalue weighted by molar-refractivity contribution is -0.124. The van der Waals surface area contributed by atoms with E-state index in [1.807, 2.05) is 24.3 Å². The fourth-order valence-corrected chi connectivity index (χ4v) is 4.60. The normalized spacial score (nSPS) is 20.0. The third kappa shape index (κ3) is 4.14. The molecule has 8 nitrogen and oxygen atoms in total. The van der Waals surface area contributed by atoms with Crippen LogP contribution in [0.5, 0.6) is 5.75 Å². The number of nitrogens with zero attached hydrogens (tertiary/aromatic N) is 2. The summed E-state index contributed by atoms with van der Waals surface area (Å²) in [5.41, 5.74) is 2.10. The maximum absolute atomic E-state index is 13.3. The number of aromatic amines is 1. The van der Waals surface area contributed by atoms with E-state index in [2.05, 4.69) is 26.7 Å². The Labute approximate surface area is 191 Å². The summed E-state index contributed by atoms with van der Waals surface area (Å²) in [6.07, 6.45) is 6.92. The van der Waals surface area contributed by atoms with Gasteiger partial charge < -0.3 is 20.4 Å². The Morgan fingerprint density at radius 3 is 2.85 bits per heavy atom. The van der Waals surface area contributed by atoms with E-state index < -0.39 is 11.6 Å². The highest BCUT2D eigenvalue weighted by atomic mass is 16.5. The van der Waals surface area contributed by atoms with Crippen LogP contribution in [0.25, 0.3) is 10.9 Å². The minimum atomic E-state index is -1.02. The minimum absolute atomic E-state index is 0.328. The molecule has 2 unspecified atom stereocenters. The second-order valence-corrected chi connectivity index (χ2v) is 8.99. The number of hydrogen-bond donors (Lipinski definition) is 3. The number of carbonyl (C=O) groups excluding carboxylic acids is 2. The van der Waals surface area contributed by atoms with Crippen molar-refractivity contribution in [2.24, 2.45) is 5.92 Å². The van der Waals surface area contributed by atoms with Crippen molar-refractivity contribution in [3.8, 4) is 11.8 Å². The van der Waals surface area contributed by atoms with Crippen molar-refractivity contribution in [3.05, 3.63) is 59.5 Å². The lowest BCUT2D eigenvalue weighted by atomic mass is 9.96. The molecule has 1 aromatic carbocycles. The number of rotatable bonds is 7. The monoisotopic (exact) mass is 443 g/mol. The van der Waals surface area contributed by atoms with Gasteiger partial charge in [-0.15, -0.1) is 0 Å². The molecule has 0 radical (unpaired) electrons. The van der Waals surface area contributed by atoms with E-state index >= 15 is 0 Å². The Morgan fingerprint density at radius 1 is 1.30 bits per heavy atom. The topological polar surface area (TPSA) is 120 Å². The predicted molar refractivity (Wildman–Crippen MR) is 122 cm³/mol. The molecule has 0 spiro atoms.